The Bertz CT molecular complexity index is 433. The van der Waals surface area contributed by atoms with Gasteiger partial charge in [0.05, 0.1) is 4.92 Å². The van der Waals surface area contributed by atoms with Gasteiger partial charge in [0, 0.05) is 31.3 Å². The summed E-state index contributed by atoms with van der Waals surface area (Å²) in [6, 6.07) is 6.95. The van der Waals surface area contributed by atoms with Gasteiger partial charge >= 0.3 is 0 Å². The predicted molar refractivity (Wildman–Crippen MR) is 74.9 cm³/mol. The first-order valence-corrected chi connectivity index (χ1v) is 6.80. The third-order valence-electron chi connectivity index (χ3n) is 3.84. The summed E-state index contributed by atoms with van der Waals surface area (Å²) in [6.07, 6.45) is 2.47. The van der Waals surface area contributed by atoms with Crippen LogP contribution in [-0.2, 0) is 0 Å². The van der Waals surface area contributed by atoms with Crippen LogP contribution in [0, 0.1) is 16.0 Å². The second kappa shape index (κ2) is 6.12. The van der Waals surface area contributed by atoms with E-state index in [1.165, 1.54) is 12.8 Å². The standard InChI is InChI=1S/C14H21N3O2/c1-11-3-2-8-16(10-11)14(9-15)12-4-6-13(7-5-12)17(18)19/h4-7,11,14H,2-3,8-10,15H2,1H3. The molecule has 0 radical (unpaired) electrons. The molecule has 2 unspecified atom stereocenters. The zero-order valence-electron chi connectivity index (χ0n) is 11.3. The first-order chi connectivity index (χ1) is 9.11. The molecule has 104 valence electrons. The van der Waals surface area contributed by atoms with E-state index >= 15 is 0 Å². The lowest BCUT2D eigenvalue weighted by molar-refractivity contribution is -0.384. The SMILES string of the molecule is CC1CCCN(C(CN)c2ccc([N+](=O)[O-])cc2)C1. The Hall–Kier alpha value is -1.46. The largest absolute Gasteiger partial charge is 0.329 e. The van der Waals surface area contributed by atoms with Gasteiger partial charge in [-0.05, 0) is 30.9 Å². The Balaban J connectivity index is 2.14. The minimum absolute atomic E-state index is 0.131. The highest BCUT2D eigenvalue weighted by Gasteiger charge is 2.24. The topological polar surface area (TPSA) is 72.4 Å². The Morgan fingerprint density at radius 1 is 1.47 bits per heavy atom. The lowest BCUT2D eigenvalue weighted by atomic mass is 9.96. The molecule has 1 aliphatic heterocycles. The quantitative estimate of drug-likeness (QED) is 0.668. The second-order valence-corrected chi connectivity index (χ2v) is 5.34. The van der Waals surface area contributed by atoms with Crippen molar-refractivity contribution in [3.63, 3.8) is 0 Å². The molecule has 5 heteroatoms. The van der Waals surface area contributed by atoms with Gasteiger partial charge in [-0.15, -0.1) is 0 Å². The van der Waals surface area contributed by atoms with E-state index < -0.39 is 0 Å². The maximum absolute atomic E-state index is 10.7. The molecule has 19 heavy (non-hydrogen) atoms. The molecule has 1 heterocycles. The number of nitro groups is 1. The van der Waals surface area contributed by atoms with E-state index in [9.17, 15) is 10.1 Å². The van der Waals surface area contributed by atoms with Crippen LogP contribution in [0.25, 0.3) is 0 Å². The van der Waals surface area contributed by atoms with Gasteiger partial charge in [0.1, 0.15) is 0 Å². The summed E-state index contributed by atoms with van der Waals surface area (Å²) in [6.45, 7) is 4.92. The highest BCUT2D eigenvalue weighted by Crippen LogP contribution is 2.27. The molecule has 0 aliphatic carbocycles. The summed E-state index contributed by atoms with van der Waals surface area (Å²) in [5.74, 6) is 0.695. The smallest absolute Gasteiger partial charge is 0.269 e. The summed E-state index contributed by atoms with van der Waals surface area (Å²) in [5.41, 5.74) is 7.11. The number of benzene rings is 1. The van der Waals surface area contributed by atoms with E-state index in [4.69, 9.17) is 5.73 Å². The Kier molecular flexibility index (Phi) is 4.50. The first-order valence-electron chi connectivity index (χ1n) is 6.80. The summed E-state index contributed by atoms with van der Waals surface area (Å²) in [5, 5.41) is 10.7. The van der Waals surface area contributed by atoms with E-state index in [-0.39, 0.29) is 16.7 Å². The second-order valence-electron chi connectivity index (χ2n) is 5.34. The Morgan fingerprint density at radius 3 is 2.68 bits per heavy atom. The van der Waals surface area contributed by atoms with E-state index in [0.717, 1.165) is 18.7 Å². The number of piperidine rings is 1. The molecule has 1 aliphatic rings. The minimum Gasteiger partial charge on any atom is -0.329 e. The zero-order chi connectivity index (χ0) is 13.8. The molecule has 1 saturated heterocycles. The van der Waals surface area contributed by atoms with E-state index in [1.807, 2.05) is 12.1 Å². The Morgan fingerprint density at radius 2 is 2.16 bits per heavy atom. The van der Waals surface area contributed by atoms with Gasteiger partial charge in [0.25, 0.3) is 5.69 Å². The average molecular weight is 263 g/mol. The van der Waals surface area contributed by atoms with Crippen LogP contribution in [0.5, 0.6) is 0 Å². The van der Waals surface area contributed by atoms with Gasteiger partial charge in [-0.3, -0.25) is 15.0 Å². The number of nitro benzene ring substituents is 1. The molecule has 1 fully saturated rings. The van der Waals surface area contributed by atoms with Crippen molar-refractivity contribution in [2.45, 2.75) is 25.8 Å². The van der Waals surface area contributed by atoms with Crippen LogP contribution in [-0.4, -0.2) is 29.5 Å². The number of non-ortho nitro benzene ring substituents is 1. The number of hydrogen-bond acceptors (Lipinski definition) is 4. The summed E-state index contributed by atoms with van der Waals surface area (Å²) < 4.78 is 0. The van der Waals surface area contributed by atoms with Crippen LogP contribution in [0.15, 0.2) is 24.3 Å². The van der Waals surface area contributed by atoms with Crippen molar-refractivity contribution in [3.05, 3.63) is 39.9 Å². The van der Waals surface area contributed by atoms with Crippen LogP contribution in [0.3, 0.4) is 0 Å². The van der Waals surface area contributed by atoms with Crippen molar-refractivity contribution in [2.24, 2.45) is 11.7 Å². The molecule has 0 spiro atoms. The molecule has 2 rings (SSSR count). The third-order valence-corrected chi connectivity index (χ3v) is 3.84. The van der Waals surface area contributed by atoms with Crippen LogP contribution in [0.4, 0.5) is 5.69 Å². The molecular formula is C14H21N3O2. The van der Waals surface area contributed by atoms with Crippen LogP contribution < -0.4 is 5.73 Å². The lowest BCUT2D eigenvalue weighted by Gasteiger charge is -2.37. The van der Waals surface area contributed by atoms with Gasteiger partial charge in [-0.1, -0.05) is 19.1 Å². The van der Waals surface area contributed by atoms with Crippen molar-refractivity contribution in [1.29, 1.82) is 0 Å². The highest BCUT2D eigenvalue weighted by molar-refractivity contribution is 5.34. The highest BCUT2D eigenvalue weighted by atomic mass is 16.6. The lowest BCUT2D eigenvalue weighted by Crippen LogP contribution is -2.40. The summed E-state index contributed by atoms with van der Waals surface area (Å²) >= 11 is 0. The van der Waals surface area contributed by atoms with E-state index in [0.29, 0.717) is 12.5 Å². The van der Waals surface area contributed by atoms with Gasteiger partial charge in [-0.25, -0.2) is 0 Å². The summed E-state index contributed by atoms with van der Waals surface area (Å²) in [4.78, 5) is 12.7. The van der Waals surface area contributed by atoms with Crippen molar-refractivity contribution in [2.75, 3.05) is 19.6 Å². The predicted octanol–water partition coefficient (Wildman–Crippen LogP) is 2.33. The minimum atomic E-state index is -0.371. The molecule has 0 bridgehead atoms. The van der Waals surface area contributed by atoms with Crippen LogP contribution >= 0.6 is 0 Å². The number of rotatable bonds is 4. The van der Waals surface area contributed by atoms with Gasteiger partial charge in [0.2, 0.25) is 0 Å². The molecule has 0 aromatic heterocycles. The van der Waals surface area contributed by atoms with E-state index in [1.54, 1.807) is 12.1 Å². The monoisotopic (exact) mass is 263 g/mol. The van der Waals surface area contributed by atoms with Crippen LogP contribution in [0.1, 0.15) is 31.4 Å². The van der Waals surface area contributed by atoms with Crippen molar-refractivity contribution in [1.82, 2.24) is 4.90 Å². The number of hydrogen-bond donors (Lipinski definition) is 1. The molecule has 2 N–H and O–H groups in total. The molecular weight excluding hydrogens is 242 g/mol. The zero-order valence-corrected chi connectivity index (χ0v) is 11.3. The number of nitrogens with zero attached hydrogens (tertiary/aromatic N) is 2. The van der Waals surface area contributed by atoms with Gasteiger partial charge in [0.15, 0.2) is 0 Å². The van der Waals surface area contributed by atoms with Crippen LogP contribution in [0.2, 0.25) is 0 Å². The fourth-order valence-corrected chi connectivity index (χ4v) is 2.82. The molecule has 5 nitrogen and oxygen atoms in total. The number of nitrogens with two attached hydrogens (primary N) is 1. The third kappa shape index (κ3) is 3.30. The van der Waals surface area contributed by atoms with Crippen molar-refractivity contribution >= 4 is 5.69 Å². The average Bonchev–Trinajstić information content (AvgIpc) is 2.40. The molecule has 0 amide bonds. The maximum Gasteiger partial charge on any atom is 0.269 e. The number of likely N-dealkylation sites (tertiary alicyclic amines) is 1. The molecule has 2 atom stereocenters. The molecule has 1 aromatic rings. The molecule has 1 aromatic carbocycles. The normalized spacial score (nSPS) is 22.1. The Labute approximate surface area is 113 Å². The fourth-order valence-electron chi connectivity index (χ4n) is 2.82. The summed E-state index contributed by atoms with van der Waals surface area (Å²) in [7, 11) is 0. The van der Waals surface area contributed by atoms with E-state index in [2.05, 4.69) is 11.8 Å². The van der Waals surface area contributed by atoms with Gasteiger partial charge in [-0.2, -0.15) is 0 Å². The van der Waals surface area contributed by atoms with Crippen molar-refractivity contribution in [3.8, 4) is 0 Å². The van der Waals surface area contributed by atoms with Crippen molar-refractivity contribution < 1.29 is 4.92 Å². The molecule has 0 saturated carbocycles. The maximum atomic E-state index is 10.7. The van der Waals surface area contributed by atoms with Gasteiger partial charge < -0.3 is 5.73 Å². The fraction of sp³-hybridized carbons (Fsp3) is 0.571. The first kappa shape index (κ1) is 14.0.